The first-order valence-electron chi connectivity index (χ1n) is 7.70. The van der Waals surface area contributed by atoms with E-state index >= 15 is 0 Å². The molecule has 0 saturated heterocycles. The molecule has 3 N–H and O–H groups in total. The third-order valence-corrected chi connectivity index (χ3v) is 5.01. The van der Waals surface area contributed by atoms with Crippen LogP contribution in [0.15, 0.2) is 48.5 Å². The lowest BCUT2D eigenvalue weighted by Crippen LogP contribution is -2.48. The molecule has 3 rings (SSSR count). The third-order valence-electron chi connectivity index (χ3n) is 3.86. The lowest BCUT2D eigenvalue weighted by molar-refractivity contribution is -0.122. The number of nitrogens with zero attached hydrogens (tertiary/aromatic N) is 1. The van der Waals surface area contributed by atoms with E-state index in [9.17, 15) is 18.0 Å². The van der Waals surface area contributed by atoms with Crippen LogP contribution in [-0.4, -0.2) is 39.1 Å². The standard InChI is InChI=1S/C17H17N3O5S/c1-26(23,24)20-10-15(25-14-5-3-2-4-13(14)20)17(22)19-12-8-6-11(7-9-12)16(18)21/h2-9,15H,10H2,1H3,(H2,18,21)(H,19,22)/t15-/m1/s1. The monoisotopic (exact) mass is 375 g/mol. The molecule has 2 aromatic rings. The summed E-state index contributed by atoms with van der Waals surface area (Å²) < 4.78 is 30.9. The molecule has 0 aliphatic carbocycles. The minimum Gasteiger partial charge on any atom is -0.476 e. The minimum absolute atomic E-state index is 0.138. The molecule has 1 aliphatic rings. The van der Waals surface area contributed by atoms with Crippen LogP contribution >= 0.6 is 0 Å². The van der Waals surface area contributed by atoms with Crippen molar-refractivity contribution in [2.45, 2.75) is 6.10 Å². The fourth-order valence-electron chi connectivity index (χ4n) is 2.59. The first kappa shape index (κ1) is 17.7. The van der Waals surface area contributed by atoms with Gasteiger partial charge < -0.3 is 15.8 Å². The van der Waals surface area contributed by atoms with Gasteiger partial charge in [0.25, 0.3) is 5.91 Å². The van der Waals surface area contributed by atoms with Crippen molar-refractivity contribution in [1.29, 1.82) is 0 Å². The number of carbonyl (C=O) groups is 2. The number of nitrogens with one attached hydrogen (secondary N) is 1. The van der Waals surface area contributed by atoms with Crippen LogP contribution in [0.2, 0.25) is 0 Å². The van der Waals surface area contributed by atoms with Crippen LogP contribution in [0.4, 0.5) is 11.4 Å². The van der Waals surface area contributed by atoms with E-state index in [1.54, 1.807) is 24.3 Å². The average molecular weight is 375 g/mol. The summed E-state index contributed by atoms with van der Waals surface area (Å²) >= 11 is 0. The predicted octanol–water partition coefficient (Wildman–Crippen LogP) is 0.951. The van der Waals surface area contributed by atoms with Crippen molar-refractivity contribution in [2.75, 3.05) is 22.4 Å². The molecule has 136 valence electrons. The van der Waals surface area contributed by atoms with E-state index in [0.717, 1.165) is 10.6 Å². The van der Waals surface area contributed by atoms with Crippen LogP contribution < -0.4 is 20.1 Å². The van der Waals surface area contributed by atoms with Crippen LogP contribution in [0.5, 0.6) is 5.75 Å². The fraction of sp³-hybridized carbons (Fsp3) is 0.176. The molecule has 0 aromatic heterocycles. The van der Waals surface area contributed by atoms with E-state index in [0.29, 0.717) is 22.7 Å². The van der Waals surface area contributed by atoms with Gasteiger partial charge in [-0.25, -0.2) is 8.42 Å². The molecule has 1 atom stereocenters. The number of hydrogen-bond donors (Lipinski definition) is 2. The number of amides is 2. The molecule has 0 radical (unpaired) electrons. The Morgan fingerprint density at radius 3 is 2.42 bits per heavy atom. The maximum absolute atomic E-state index is 12.5. The van der Waals surface area contributed by atoms with Crippen molar-refractivity contribution in [3.63, 3.8) is 0 Å². The summed E-state index contributed by atoms with van der Waals surface area (Å²) in [7, 11) is -3.57. The van der Waals surface area contributed by atoms with Crippen molar-refractivity contribution in [3.05, 3.63) is 54.1 Å². The molecule has 8 nitrogen and oxygen atoms in total. The zero-order valence-electron chi connectivity index (χ0n) is 13.9. The van der Waals surface area contributed by atoms with Gasteiger partial charge in [0.2, 0.25) is 15.9 Å². The molecule has 1 aliphatic heterocycles. The van der Waals surface area contributed by atoms with E-state index < -0.39 is 27.9 Å². The van der Waals surface area contributed by atoms with Crippen LogP contribution in [-0.2, 0) is 14.8 Å². The number of para-hydroxylation sites is 2. The number of fused-ring (bicyclic) bond motifs is 1. The summed E-state index contributed by atoms with van der Waals surface area (Å²) in [4.78, 5) is 23.6. The summed E-state index contributed by atoms with van der Waals surface area (Å²) in [6.07, 6.45) is 0.0579. The highest BCUT2D eigenvalue weighted by molar-refractivity contribution is 7.92. The van der Waals surface area contributed by atoms with E-state index in [4.69, 9.17) is 10.5 Å². The number of nitrogens with two attached hydrogens (primary N) is 1. The number of carbonyl (C=O) groups excluding carboxylic acids is 2. The number of sulfonamides is 1. The summed E-state index contributed by atoms with van der Waals surface area (Å²) in [5, 5.41) is 2.64. The largest absolute Gasteiger partial charge is 0.476 e. The van der Waals surface area contributed by atoms with E-state index in [2.05, 4.69) is 5.32 Å². The van der Waals surface area contributed by atoms with Crippen molar-refractivity contribution >= 4 is 33.2 Å². The maximum Gasteiger partial charge on any atom is 0.267 e. The molecular weight excluding hydrogens is 358 g/mol. The number of hydrogen-bond acceptors (Lipinski definition) is 5. The second kappa shape index (κ2) is 6.68. The molecule has 0 bridgehead atoms. The first-order chi connectivity index (χ1) is 12.3. The number of benzene rings is 2. The fourth-order valence-corrected chi connectivity index (χ4v) is 3.51. The second-order valence-corrected chi connectivity index (χ2v) is 7.71. The Labute approximate surface area is 150 Å². The van der Waals surface area contributed by atoms with Gasteiger partial charge in [0, 0.05) is 11.3 Å². The zero-order valence-corrected chi connectivity index (χ0v) is 14.7. The highest BCUT2D eigenvalue weighted by Gasteiger charge is 2.34. The normalized spacial score (nSPS) is 16.3. The molecule has 0 spiro atoms. The second-order valence-electron chi connectivity index (χ2n) is 5.80. The number of anilines is 2. The van der Waals surface area contributed by atoms with Crippen molar-refractivity contribution in [1.82, 2.24) is 0 Å². The average Bonchev–Trinajstić information content (AvgIpc) is 2.60. The highest BCUT2D eigenvalue weighted by atomic mass is 32.2. The Bertz CT molecular complexity index is 957. The molecule has 9 heteroatoms. The number of primary amides is 1. The summed E-state index contributed by atoms with van der Waals surface area (Å²) in [6, 6.07) is 12.6. The Kier molecular flexibility index (Phi) is 4.56. The SMILES string of the molecule is CS(=O)(=O)N1C[C@H](C(=O)Nc2ccc(C(N)=O)cc2)Oc2ccccc21. The van der Waals surface area contributed by atoms with Crippen LogP contribution in [0.3, 0.4) is 0 Å². The molecule has 2 amide bonds. The van der Waals surface area contributed by atoms with Gasteiger partial charge in [0.1, 0.15) is 5.75 Å². The minimum atomic E-state index is -3.57. The van der Waals surface area contributed by atoms with Crippen molar-refractivity contribution in [3.8, 4) is 5.75 Å². The number of ether oxygens (including phenoxy) is 1. The molecule has 26 heavy (non-hydrogen) atoms. The Balaban J connectivity index is 1.81. The lowest BCUT2D eigenvalue weighted by Gasteiger charge is -2.33. The Hall–Kier alpha value is -3.07. The van der Waals surface area contributed by atoms with Crippen LogP contribution in [0.25, 0.3) is 0 Å². The molecule has 0 unspecified atom stereocenters. The number of rotatable bonds is 4. The molecule has 0 saturated carbocycles. The van der Waals surface area contributed by atoms with Gasteiger partial charge in [-0.2, -0.15) is 0 Å². The van der Waals surface area contributed by atoms with Gasteiger partial charge in [-0.3, -0.25) is 13.9 Å². The molecule has 1 heterocycles. The lowest BCUT2D eigenvalue weighted by atomic mass is 10.2. The van der Waals surface area contributed by atoms with Gasteiger partial charge in [0.05, 0.1) is 18.5 Å². The predicted molar refractivity (Wildman–Crippen MR) is 96.6 cm³/mol. The molecule has 0 fully saturated rings. The van der Waals surface area contributed by atoms with Crippen molar-refractivity contribution in [2.24, 2.45) is 5.73 Å². The van der Waals surface area contributed by atoms with Gasteiger partial charge in [-0.05, 0) is 36.4 Å². The van der Waals surface area contributed by atoms with E-state index in [1.807, 2.05) is 0 Å². The van der Waals surface area contributed by atoms with Crippen LogP contribution in [0, 0.1) is 0 Å². The zero-order chi connectivity index (χ0) is 18.9. The van der Waals surface area contributed by atoms with Gasteiger partial charge >= 0.3 is 0 Å². The van der Waals surface area contributed by atoms with E-state index in [1.165, 1.54) is 24.3 Å². The van der Waals surface area contributed by atoms with Gasteiger partial charge in [-0.15, -0.1) is 0 Å². The Morgan fingerprint density at radius 2 is 1.81 bits per heavy atom. The summed E-state index contributed by atoms with van der Waals surface area (Å²) in [6.45, 7) is -0.138. The Morgan fingerprint density at radius 1 is 1.15 bits per heavy atom. The smallest absolute Gasteiger partial charge is 0.267 e. The first-order valence-corrected chi connectivity index (χ1v) is 9.54. The molecular formula is C17H17N3O5S. The van der Waals surface area contributed by atoms with Crippen LogP contribution in [0.1, 0.15) is 10.4 Å². The van der Waals surface area contributed by atoms with Gasteiger partial charge in [0.15, 0.2) is 6.10 Å². The summed E-state index contributed by atoms with van der Waals surface area (Å²) in [5.74, 6) is -0.757. The van der Waals surface area contributed by atoms with E-state index in [-0.39, 0.29) is 6.54 Å². The molecule has 2 aromatic carbocycles. The third kappa shape index (κ3) is 3.62. The maximum atomic E-state index is 12.5. The van der Waals surface area contributed by atoms with Gasteiger partial charge in [-0.1, -0.05) is 12.1 Å². The van der Waals surface area contributed by atoms with Crippen molar-refractivity contribution < 1.29 is 22.7 Å². The highest BCUT2D eigenvalue weighted by Crippen LogP contribution is 2.34. The quantitative estimate of drug-likeness (QED) is 0.825. The topological polar surface area (TPSA) is 119 Å². The summed E-state index contributed by atoms with van der Waals surface area (Å²) in [5.41, 5.74) is 6.32.